The van der Waals surface area contributed by atoms with Crippen LogP contribution < -0.4 is 14.8 Å². The molecular formula is C18H19NO3. The van der Waals surface area contributed by atoms with Crippen molar-refractivity contribution in [3.8, 4) is 11.5 Å². The van der Waals surface area contributed by atoms with E-state index in [9.17, 15) is 4.79 Å². The van der Waals surface area contributed by atoms with Crippen molar-refractivity contribution in [2.75, 3.05) is 5.32 Å². The fourth-order valence-corrected chi connectivity index (χ4v) is 2.48. The average molecular weight is 297 g/mol. The summed E-state index contributed by atoms with van der Waals surface area (Å²) in [6.45, 7) is 5.80. The minimum atomic E-state index is -0.671. The number of carbonyl (C=O) groups excluding carboxylic acids is 1. The molecule has 0 aliphatic carbocycles. The zero-order chi connectivity index (χ0) is 15.7. The Labute approximate surface area is 130 Å². The number of benzene rings is 2. The van der Waals surface area contributed by atoms with Crippen LogP contribution in [0.15, 0.2) is 42.5 Å². The Hall–Kier alpha value is -2.49. The summed E-state index contributed by atoms with van der Waals surface area (Å²) < 4.78 is 11.6. The number of hydrogen-bond donors (Lipinski definition) is 1. The Morgan fingerprint density at radius 2 is 1.73 bits per heavy atom. The lowest BCUT2D eigenvalue weighted by atomic mass is 10.1. The maximum absolute atomic E-state index is 12.5. The summed E-state index contributed by atoms with van der Waals surface area (Å²) in [5.41, 5.74) is 2.92. The Bertz CT molecular complexity index is 711. The highest BCUT2D eigenvalue weighted by atomic mass is 16.6. The zero-order valence-electron chi connectivity index (χ0n) is 12.9. The summed E-state index contributed by atoms with van der Waals surface area (Å²) in [6.07, 6.45) is -1.02. The Morgan fingerprint density at radius 3 is 2.45 bits per heavy atom. The summed E-state index contributed by atoms with van der Waals surface area (Å²) >= 11 is 0. The molecule has 2 aromatic rings. The topological polar surface area (TPSA) is 47.6 Å². The third-order valence-corrected chi connectivity index (χ3v) is 3.75. The van der Waals surface area contributed by atoms with Gasteiger partial charge in [0.05, 0.1) is 0 Å². The number of amides is 1. The van der Waals surface area contributed by atoms with Crippen LogP contribution in [0.5, 0.6) is 11.5 Å². The van der Waals surface area contributed by atoms with Gasteiger partial charge in [0, 0.05) is 5.69 Å². The van der Waals surface area contributed by atoms with Crippen LogP contribution in [0.2, 0.25) is 0 Å². The van der Waals surface area contributed by atoms with Gasteiger partial charge >= 0.3 is 0 Å². The van der Waals surface area contributed by atoms with Crippen molar-refractivity contribution in [1.82, 2.24) is 0 Å². The van der Waals surface area contributed by atoms with Gasteiger partial charge in [-0.3, -0.25) is 4.79 Å². The molecule has 1 aliphatic rings. The first-order valence-corrected chi connectivity index (χ1v) is 7.35. The molecule has 0 radical (unpaired) electrons. The lowest BCUT2D eigenvalue weighted by molar-refractivity contribution is -0.128. The van der Waals surface area contributed by atoms with Gasteiger partial charge in [0.15, 0.2) is 11.5 Å². The highest BCUT2D eigenvalue weighted by Crippen LogP contribution is 2.33. The molecule has 22 heavy (non-hydrogen) atoms. The molecule has 1 N–H and O–H groups in total. The van der Waals surface area contributed by atoms with Crippen molar-refractivity contribution in [2.45, 2.75) is 33.0 Å². The highest BCUT2D eigenvalue weighted by Gasteiger charge is 2.34. The van der Waals surface area contributed by atoms with Gasteiger partial charge < -0.3 is 14.8 Å². The predicted octanol–water partition coefficient (Wildman–Crippen LogP) is 3.47. The van der Waals surface area contributed by atoms with E-state index < -0.39 is 6.10 Å². The van der Waals surface area contributed by atoms with Crippen LogP contribution in [-0.4, -0.2) is 18.1 Å². The molecule has 0 saturated carbocycles. The molecule has 4 heteroatoms. The summed E-state index contributed by atoms with van der Waals surface area (Å²) in [7, 11) is 0. The SMILES string of the molecule is Cc1ccc(C)c(NC(=O)[C@H]2Oc3ccccc3O[C@@H]2C)c1. The van der Waals surface area contributed by atoms with Gasteiger partial charge in [0.2, 0.25) is 6.10 Å². The van der Waals surface area contributed by atoms with Crippen molar-refractivity contribution in [2.24, 2.45) is 0 Å². The minimum Gasteiger partial charge on any atom is -0.482 e. The van der Waals surface area contributed by atoms with Crippen LogP contribution in [0.1, 0.15) is 18.1 Å². The third-order valence-electron chi connectivity index (χ3n) is 3.75. The van der Waals surface area contributed by atoms with E-state index in [1.807, 2.05) is 57.2 Å². The van der Waals surface area contributed by atoms with Crippen LogP contribution in [0, 0.1) is 13.8 Å². The molecule has 0 aromatic heterocycles. The average Bonchev–Trinajstić information content (AvgIpc) is 2.50. The fraction of sp³-hybridized carbons (Fsp3) is 0.278. The molecule has 0 unspecified atom stereocenters. The molecule has 0 bridgehead atoms. The van der Waals surface area contributed by atoms with Gasteiger partial charge in [0.25, 0.3) is 5.91 Å². The monoisotopic (exact) mass is 297 g/mol. The normalized spacial score (nSPS) is 19.6. The van der Waals surface area contributed by atoms with E-state index in [0.29, 0.717) is 11.5 Å². The molecule has 4 nitrogen and oxygen atoms in total. The molecule has 114 valence electrons. The van der Waals surface area contributed by atoms with Crippen LogP contribution in [0.25, 0.3) is 0 Å². The van der Waals surface area contributed by atoms with E-state index >= 15 is 0 Å². The largest absolute Gasteiger partial charge is 0.482 e. The molecule has 1 heterocycles. The van der Waals surface area contributed by atoms with E-state index in [1.165, 1.54) is 0 Å². The smallest absolute Gasteiger partial charge is 0.269 e. The molecule has 2 aromatic carbocycles. The standard InChI is InChI=1S/C18H19NO3/c1-11-8-9-12(2)14(10-11)19-18(20)17-13(3)21-15-6-4-5-7-16(15)22-17/h4-10,13,17H,1-3H3,(H,19,20)/t13-,17+/m1/s1. The Kier molecular flexibility index (Phi) is 3.75. The molecule has 0 saturated heterocycles. The summed E-state index contributed by atoms with van der Waals surface area (Å²) in [4.78, 5) is 12.5. The minimum absolute atomic E-state index is 0.198. The second-order valence-corrected chi connectivity index (χ2v) is 5.62. The molecule has 1 amide bonds. The number of nitrogens with one attached hydrogen (secondary N) is 1. The molecular weight excluding hydrogens is 278 g/mol. The number of para-hydroxylation sites is 2. The number of fused-ring (bicyclic) bond motifs is 1. The van der Waals surface area contributed by atoms with Gasteiger partial charge in [-0.2, -0.15) is 0 Å². The van der Waals surface area contributed by atoms with E-state index in [1.54, 1.807) is 6.07 Å². The maximum atomic E-state index is 12.5. The first-order valence-electron chi connectivity index (χ1n) is 7.35. The first kappa shape index (κ1) is 14.4. The maximum Gasteiger partial charge on any atom is 0.269 e. The summed E-state index contributed by atoms with van der Waals surface area (Å²) in [5.74, 6) is 1.07. The van der Waals surface area contributed by atoms with E-state index in [2.05, 4.69) is 5.32 Å². The lowest BCUT2D eigenvalue weighted by Gasteiger charge is -2.31. The van der Waals surface area contributed by atoms with E-state index in [0.717, 1.165) is 16.8 Å². The Balaban J connectivity index is 1.79. The molecule has 1 aliphatic heterocycles. The van der Waals surface area contributed by atoms with Gasteiger partial charge in [-0.05, 0) is 50.1 Å². The molecule has 2 atom stereocenters. The van der Waals surface area contributed by atoms with Crippen LogP contribution in [0.4, 0.5) is 5.69 Å². The number of hydrogen-bond acceptors (Lipinski definition) is 3. The van der Waals surface area contributed by atoms with E-state index in [-0.39, 0.29) is 12.0 Å². The molecule has 0 spiro atoms. The summed E-state index contributed by atoms with van der Waals surface area (Å²) in [5, 5.41) is 2.94. The number of anilines is 1. The van der Waals surface area contributed by atoms with Crippen LogP contribution in [-0.2, 0) is 4.79 Å². The molecule has 3 rings (SSSR count). The van der Waals surface area contributed by atoms with Crippen molar-refractivity contribution in [3.05, 3.63) is 53.6 Å². The van der Waals surface area contributed by atoms with Gasteiger partial charge in [-0.25, -0.2) is 0 Å². The fourth-order valence-electron chi connectivity index (χ4n) is 2.48. The van der Waals surface area contributed by atoms with Gasteiger partial charge in [-0.15, -0.1) is 0 Å². The summed E-state index contributed by atoms with van der Waals surface area (Å²) in [6, 6.07) is 13.3. The number of carbonyl (C=O) groups is 1. The number of rotatable bonds is 2. The van der Waals surface area contributed by atoms with Crippen molar-refractivity contribution in [1.29, 1.82) is 0 Å². The van der Waals surface area contributed by atoms with E-state index in [4.69, 9.17) is 9.47 Å². The number of ether oxygens (including phenoxy) is 2. The molecule has 0 fully saturated rings. The van der Waals surface area contributed by atoms with Gasteiger partial charge in [-0.1, -0.05) is 24.3 Å². The van der Waals surface area contributed by atoms with Crippen molar-refractivity contribution >= 4 is 11.6 Å². The second kappa shape index (κ2) is 5.72. The lowest BCUT2D eigenvalue weighted by Crippen LogP contribution is -2.46. The first-order chi connectivity index (χ1) is 10.5. The van der Waals surface area contributed by atoms with Crippen molar-refractivity contribution in [3.63, 3.8) is 0 Å². The second-order valence-electron chi connectivity index (χ2n) is 5.62. The quantitative estimate of drug-likeness (QED) is 0.923. The van der Waals surface area contributed by atoms with Crippen LogP contribution >= 0.6 is 0 Å². The van der Waals surface area contributed by atoms with Crippen LogP contribution in [0.3, 0.4) is 0 Å². The Morgan fingerprint density at radius 1 is 1.05 bits per heavy atom. The third kappa shape index (κ3) is 2.77. The highest BCUT2D eigenvalue weighted by molar-refractivity contribution is 5.95. The zero-order valence-corrected chi connectivity index (χ0v) is 12.9. The van der Waals surface area contributed by atoms with Crippen molar-refractivity contribution < 1.29 is 14.3 Å². The number of aryl methyl sites for hydroxylation is 2. The predicted molar refractivity (Wildman–Crippen MR) is 85.5 cm³/mol. The van der Waals surface area contributed by atoms with Gasteiger partial charge in [0.1, 0.15) is 6.10 Å².